The summed E-state index contributed by atoms with van der Waals surface area (Å²) in [6.45, 7) is 1.11. The second kappa shape index (κ2) is 6.82. The van der Waals surface area contributed by atoms with E-state index in [9.17, 15) is 22.8 Å². The molecular weight excluding hydrogens is 305 g/mol. The van der Waals surface area contributed by atoms with E-state index in [0.29, 0.717) is 19.6 Å². The van der Waals surface area contributed by atoms with Gasteiger partial charge in [-0.3, -0.25) is 9.69 Å². The third kappa shape index (κ3) is 4.23. The van der Waals surface area contributed by atoms with Gasteiger partial charge in [0.05, 0.1) is 6.26 Å². The lowest BCUT2D eigenvalue weighted by molar-refractivity contribution is -0.187. The molecule has 1 amide bonds. The molecule has 0 atom stereocenters. The van der Waals surface area contributed by atoms with Crippen LogP contribution in [0.1, 0.15) is 10.6 Å². The largest absolute Gasteiger partial charge is 0.471 e. The van der Waals surface area contributed by atoms with Crippen molar-refractivity contribution in [2.24, 2.45) is 0 Å². The van der Waals surface area contributed by atoms with E-state index < -0.39 is 18.1 Å². The third-order valence-corrected chi connectivity index (χ3v) is 3.27. The molecule has 22 heavy (non-hydrogen) atoms. The van der Waals surface area contributed by atoms with E-state index in [-0.39, 0.29) is 25.5 Å². The Morgan fingerprint density at radius 1 is 1.23 bits per heavy atom. The molecule has 9 heteroatoms. The highest BCUT2D eigenvalue weighted by molar-refractivity contribution is 5.86. The first kappa shape index (κ1) is 16.3. The fraction of sp³-hybridized carbons (Fsp3) is 0.538. The van der Waals surface area contributed by atoms with Crippen molar-refractivity contribution in [2.45, 2.75) is 6.18 Å². The van der Waals surface area contributed by atoms with Crippen LogP contribution in [0, 0.1) is 0 Å². The minimum absolute atomic E-state index is 0.00444. The van der Waals surface area contributed by atoms with Crippen LogP contribution in [0.5, 0.6) is 0 Å². The second-order valence-electron chi connectivity index (χ2n) is 4.74. The molecule has 1 aromatic heterocycles. The van der Waals surface area contributed by atoms with Gasteiger partial charge in [-0.05, 0) is 12.1 Å². The van der Waals surface area contributed by atoms with Crippen LogP contribution in [0.4, 0.5) is 13.2 Å². The Morgan fingerprint density at radius 2 is 1.91 bits per heavy atom. The predicted molar refractivity (Wildman–Crippen MR) is 68.1 cm³/mol. The molecule has 0 aromatic carbocycles. The van der Waals surface area contributed by atoms with Crippen molar-refractivity contribution in [1.82, 2.24) is 9.80 Å². The number of nitrogens with zero attached hydrogens (tertiary/aromatic N) is 2. The summed E-state index contributed by atoms with van der Waals surface area (Å²) in [6, 6.07) is 3.04. The number of esters is 1. The molecule has 0 saturated carbocycles. The lowest BCUT2D eigenvalue weighted by Gasteiger charge is -2.34. The van der Waals surface area contributed by atoms with Crippen LogP contribution in [0.3, 0.4) is 0 Å². The topological polar surface area (TPSA) is 63.0 Å². The van der Waals surface area contributed by atoms with E-state index in [2.05, 4.69) is 0 Å². The Bertz CT molecular complexity index is 508. The van der Waals surface area contributed by atoms with Crippen LogP contribution in [0.2, 0.25) is 0 Å². The summed E-state index contributed by atoms with van der Waals surface area (Å²) in [4.78, 5) is 25.2. The highest BCUT2D eigenvalue weighted by atomic mass is 19.4. The number of piperazine rings is 1. The lowest BCUT2D eigenvalue weighted by atomic mass is 10.3. The van der Waals surface area contributed by atoms with Gasteiger partial charge in [-0.1, -0.05) is 0 Å². The molecule has 2 heterocycles. The van der Waals surface area contributed by atoms with Crippen molar-refractivity contribution >= 4 is 11.9 Å². The van der Waals surface area contributed by atoms with Gasteiger partial charge in [-0.2, -0.15) is 13.2 Å². The lowest BCUT2D eigenvalue weighted by Crippen LogP contribution is -2.52. The maximum absolute atomic E-state index is 12.3. The number of alkyl halides is 3. The minimum atomic E-state index is -4.83. The number of hydrogen-bond acceptors (Lipinski definition) is 5. The van der Waals surface area contributed by atoms with Gasteiger partial charge in [0.25, 0.3) is 0 Å². The van der Waals surface area contributed by atoms with E-state index in [4.69, 9.17) is 9.15 Å². The van der Waals surface area contributed by atoms with Gasteiger partial charge >= 0.3 is 18.1 Å². The van der Waals surface area contributed by atoms with E-state index in [0.717, 1.165) is 4.90 Å². The van der Waals surface area contributed by atoms with Gasteiger partial charge in [-0.25, -0.2) is 4.79 Å². The summed E-state index contributed by atoms with van der Waals surface area (Å²) in [5.41, 5.74) is 0. The molecule has 2 rings (SSSR count). The van der Waals surface area contributed by atoms with Gasteiger partial charge in [-0.15, -0.1) is 0 Å². The number of carbonyl (C=O) groups is 2. The van der Waals surface area contributed by atoms with Crippen molar-refractivity contribution in [2.75, 3.05) is 39.3 Å². The average molecular weight is 320 g/mol. The number of rotatable bonds is 4. The molecule has 122 valence electrons. The van der Waals surface area contributed by atoms with E-state index in [1.807, 2.05) is 4.90 Å². The molecule has 1 fully saturated rings. The Hall–Kier alpha value is -2.03. The third-order valence-electron chi connectivity index (χ3n) is 3.27. The molecule has 0 spiro atoms. The van der Waals surface area contributed by atoms with Crippen molar-refractivity contribution in [3.63, 3.8) is 0 Å². The van der Waals surface area contributed by atoms with Gasteiger partial charge in [0.2, 0.25) is 5.76 Å². The maximum atomic E-state index is 12.3. The minimum Gasteiger partial charge on any atom is -0.458 e. The first-order valence-corrected chi connectivity index (χ1v) is 6.67. The first-order chi connectivity index (χ1) is 10.4. The Morgan fingerprint density at radius 3 is 2.45 bits per heavy atom. The fourth-order valence-electron chi connectivity index (χ4n) is 2.09. The standard InChI is InChI=1S/C13H15F3N2O4/c14-13(15,16)12(20)18-5-3-17(4-6-18)7-9-22-11(19)10-2-1-8-21-10/h1-2,8H,3-7,9H2. The zero-order valence-electron chi connectivity index (χ0n) is 11.6. The Labute approximate surface area is 124 Å². The quantitative estimate of drug-likeness (QED) is 0.779. The number of amides is 1. The van der Waals surface area contributed by atoms with Crippen LogP contribution in [-0.4, -0.2) is 67.2 Å². The van der Waals surface area contributed by atoms with E-state index >= 15 is 0 Å². The second-order valence-corrected chi connectivity index (χ2v) is 4.74. The SMILES string of the molecule is O=C(OCCN1CCN(C(=O)C(F)(F)F)CC1)c1ccco1. The monoisotopic (exact) mass is 320 g/mol. The Kier molecular flexibility index (Phi) is 5.07. The highest BCUT2D eigenvalue weighted by Crippen LogP contribution is 2.19. The molecule has 0 unspecified atom stereocenters. The van der Waals surface area contributed by atoms with Crippen LogP contribution in [-0.2, 0) is 9.53 Å². The number of hydrogen-bond donors (Lipinski definition) is 0. The molecule has 1 aromatic rings. The number of halogens is 3. The normalized spacial score (nSPS) is 16.6. The number of ether oxygens (including phenoxy) is 1. The number of carbonyl (C=O) groups excluding carboxylic acids is 2. The van der Waals surface area contributed by atoms with Crippen molar-refractivity contribution in [3.05, 3.63) is 24.2 Å². The smallest absolute Gasteiger partial charge is 0.458 e. The molecule has 1 aliphatic heterocycles. The Balaban J connectivity index is 1.68. The van der Waals surface area contributed by atoms with Gasteiger partial charge in [0.15, 0.2) is 0 Å². The molecule has 6 nitrogen and oxygen atoms in total. The number of furan rings is 1. The summed E-state index contributed by atoms with van der Waals surface area (Å²) in [6.07, 6.45) is -3.48. The molecule has 1 aliphatic rings. The first-order valence-electron chi connectivity index (χ1n) is 6.67. The summed E-state index contributed by atoms with van der Waals surface area (Å²) < 4.78 is 46.7. The van der Waals surface area contributed by atoms with E-state index in [1.165, 1.54) is 12.3 Å². The molecule has 1 saturated heterocycles. The molecule has 0 aliphatic carbocycles. The molecule has 0 bridgehead atoms. The van der Waals surface area contributed by atoms with Crippen molar-refractivity contribution < 1.29 is 31.9 Å². The summed E-state index contributed by atoms with van der Waals surface area (Å²) in [5, 5.41) is 0. The van der Waals surface area contributed by atoms with Crippen molar-refractivity contribution in [3.8, 4) is 0 Å². The fourth-order valence-corrected chi connectivity index (χ4v) is 2.09. The molecular formula is C13H15F3N2O4. The van der Waals surface area contributed by atoms with Crippen molar-refractivity contribution in [1.29, 1.82) is 0 Å². The highest BCUT2D eigenvalue weighted by Gasteiger charge is 2.43. The summed E-state index contributed by atoms with van der Waals surface area (Å²) in [7, 11) is 0. The van der Waals surface area contributed by atoms with Crippen LogP contribution >= 0.6 is 0 Å². The summed E-state index contributed by atoms with van der Waals surface area (Å²) in [5.74, 6) is -2.30. The van der Waals surface area contributed by atoms with Gasteiger partial charge in [0, 0.05) is 32.7 Å². The van der Waals surface area contributed by atoms with E-state index in [1.54, 1.807) is 6.07 Å². The molecule has 0 radical (unpaired) electrons. The van der Waals surface area contributed by atoms with Crippen LogP contribution < -0.4 is 0 Å². The zero-order chi connectivity index (χ0) is 16.2. The maximum Gasteiger partial charge on any atom is 0.471 e. The summed E-state index contributed by atoms with van der Waals surface area (Å²) >= 11 is 0. The average Bonchev–Trinajstić information content (AvgIpc) is 3.00. The zero-order valence-corrected chi connectivity index (χ0v) is 11.6. The van der Waals surface area contributed by atoms with Gasteiger partial charge in [0.1, 0.15) is 6.61 Å². The van der Waals surface area contributed by atoms with Crippen LogP contribution in [0.15, 0.2) is 22.8 Å². The predicted octanol–water partition coefficient (Wildman–Crippen LogP) is 1.14. The van der Waals surface area contributed by atoms with Crippen LogP contribution in [0.25, 0.3) is 0 Å². The molecule has 0 N–H and O–H groups in total. The van der Waals surface area contributed by atoms with Gasteiger partial charge < -0.3 is 14.1 Å².